The summed E-state index contributed by atoms with van der Waals surface area (Å²) in [5, 5.41) is 2.70. The Balaban J connectivity index is 0.000000639. The maximum absolute atomic E-state index is 13.8. The van der Waals surface area contributed by atoms with Gasteiger partial charge in [0.1, 0.15) is 17.2 Å². The van der Waals surface area contributed by atoms with Crippen molar-refractivity contribution in [3.05, 3.63) is 67.1 Å². The molecular weight excluding hydrogens is 570 g/mol. The van der Waals surface area contributed by atoms with E-state index in [2.05, 4.69) is 37.2 Å². The van der Waals surface area contributed by atoms with Crippen molar-refractivity contribution in [1.82, 2.24) is 5.32 Å². The van der Waals surface area contributed by atoms with Crippen LogP contribution in [0.2, 0.25) is 0 Å². The summed E-state index contributed by atoms with van der Waals surface area (Å²) in [4.78, 5) is 11.7. The molecule has 4 nitrogen and oxygen atoms in total. The van der Waals surface area contributed by atoms with Crippen molar-refractivity contribution in [2.24, 2.45) is 5.73 Å². The zero-order valence-electron chi connectivity index (χ0n) is 19.3. The third-order valence-electron chi connectivity index (χ3n) is 4.45. The van der Waals surface area contributed by atoms with Crippen LogP contribution in [-0.2, 0) is 4.74 Å². The fourth-order valence-electron chi connectivity index (χ4n) is 2.86. The number of amides is 1. The van der Waals surface area contributed by atoms with Crippen LogP contribution >= 0.6 is 44.3 Å². The van der Waals surface area contributed by atoms with Gasteiger partial charge in [-0.15, -0.1) is 12.4 Å². The summed E-state index contributed by atoms with van der Waals surface area (Å²) in [7, 11) is 0. The van der Waals surface area contributed by atoms with Gasteiger partial charge in [-0.25, -0.2) is 13.6 Å². The molecule has 2 aromatic rings. The summed E-state index contributed by atoms with van der Waals surface area (Å²) in [6.45, 7) is 12.4. The van der Waals surface area contributed by atoms with Crippen molar-refractivity contribution >= 4 is 50.4 Å². The number of nitrogens with one attached hydrogen (secondary N) is 1. The molecule has 180 valence electrons. The third-order valence-corrected chi connectivity index (χ3v) is 5.68. The van der Waals surface area contributed by atoms with Crippen LogP contribution in [0.1, 0.15) is 69.0 Å². The maximum Gasteiger partial charge on any atom is 0.408 e. The molecular formula is C23H31Br2ClF2N2O2. The Bertz CT molecular complexity index is 935. The first-order valence-electron chi connectivity index (χ1n) is 9.79. The Labute approximate surface area is 212 Å². The summed E-state index contributed by atoms with van der Waals surface area (Å²) < 4.78 is 33.1. The van der Waals surface area contributed by atoms with E-state index in [-0.39, 0.29) is 36.1 Å². The minimum absolute atomic E-state index is 0. The largest absolute Gasteiger partial charge is 0.444 e. The lowest BCUT2D eigenvalue weighted by molar-refractivity contribution is 0.0507. The lowest BCUT2D eigenvalue weighted by Crippen LogP contribution is -2.34. The first-order valence-corrected chi connectivity index (χ1v) is 11.4. The van der Waals surface area contributed by atoms with E-state index in [0.29, 0.717) is 20.1 Å². The molecule has 0 saturated heterocycles. The summed E-state index contributed by atoms with van der Waals surface area (Å²) >= 11 is 6.25. The maximum atomic E-state index is 13.8. The van der Waals surface area contributed by atoms with Crippen molar-refractivity contribution in [3.63, 3.8) is 0 Å². The molecule has 0 aromatic heterocycles. The highest BCUT2D eigenvalue weighted by Crippen LogP contribution is 2.26. The second-order valence-electron chi connectivity index (χ2n) is 8.31. The monoisotopic (exact) mass is 598 g/mol. The number of ether oxygens (including phenoxy) is 1. The van der Waals surface area contributed by atoms with Gasteiger partial charge in [-0.2, -0.15) is 0 Å². The van der Waals surface area contributed by atoms with Gasteiger partial charge >= 0.3 is 6.09 Å². The number of alkyl carbamates (subject to hydrolysis) is 1. The number of hydrogen-bond acceptors (Lipinski definition) is 3. The fraction of sp³-hybridized carbons (Fsp3) is 0.435. The van der Waals surface area contributed by atoms with Crippen molar-refractivity contribution < 1.29 is 18.3 Å². The molecule has 3 N–H and O–H groups in total. The van der Waals surface area contributed by atoms with Gasteiger partial charge in [0.25, 0.3) is 0 Å². The van der Waals surface area contributed by atoms with Gasteiger partial charge < -0.3 is 15.8 Å². The molecule has 2 rings (SSSR count). The predicted molar refractivity (Wildman–Crippen MR) is 135 cm³/mol. The molecule has 0 aliphatic rings. The summed E-state index contributed by atoms with van der Waals surface area (Å²) in [5.41, 5.74) is 7.82. The van der Waals surface area contributed by atoms with E-state index >= 15 is 0 Å². The Morgan fingerprint density at radius 2 is 1.38 bits per heavy atom. The molecule has 1 amide bonds. The minimum atomic E-state index is -0.552. The number of carbonyl (C=O) groups is 1. The molecule has 0 unspecified atom stereocenters. The highest BCUT2D eigenvalue weighted by molar-refractivity contribution is 9.10. The van der Waals surface area contributed by atoms with Crippen LogP contribution in [-0.4, -0.2) is 11.7 Å². The molecule has 0 radical (unpaired) electrons. The second-order valence-corrected chi connectivity index (χ2v) is 10.0. The van der Waals surface area contributed by atoms with Gasteiger partial charge in [-0.1, -0.05) is 12.1 Å². The van der Waals surface area contributed by atoms with Crippen LogP contribution < -0.4 is 11.1 Å². The van der Waals surface area contributed by atoms with Crippen LogP contribution in [0, 0.1) is 25.5 Å². The molecule has 32 heavy (non-hydrogen) atoms. The summed E-state index contributed by atoms with van der Waals surface area (Å²) in [6.07, 6.45) is -0.511. The van der Waals surface area contributed by atoms with Gasteiger partial charge in [-0.05, 0) is 115 Å². The van der Waals surface area contributed by atoms with E-state index in [1.165, 1.54) is 0 Å². The van der Waals surface area contributed by atoms with Crippen LogP contribution in [0.25, 0.3) is 0 Å². The van der Waals surface area contributed by atoms with E-state index in [0.717, 1.165) is 11.1 Å². The summed E-state index contributed by atoms with van der Waals surface area (Å²) in [5.74, 6) is -0.528. The van der Waals surface area contributed by atoms with Gasteiger partial charge in [-0.3, -0.25) is 0 Å². The molecule has 0 fully saturated rings. The Hall–Kier alpha value is -1.22. The SMILES string of the molecule is Cc1c([C@@H](C)N)ccc(Br)c1F.Cc1c([C@@H](C)NC(=O)OC(C)(C)C)ccc(Br)c1F.Cl. The zero-order valence-corrected chi connectivity index (χ0v) is 23.3. The van der Waals surface area contributed by atoms with Gasteiger partial charge in [0.05, 0.1) is 15.0 Å². The molecule has 2 atom stereocenters. The van der Waals surface area contributed by atoms with Crippen molar-refractivity contribution in [3.8, 4) is 0 Å². The molecule has 0 bridgehead atoms. The number of carbonyl (C=O) groups excluding carboxylic acids is 1. The molecule has 9 heteroatoms. The average Bonchev–Trinajstić information content (AvgIpc) is 2.62. The number of rotatable bonds is 3. The van der Waals surface area contributed by atoms with Gasteiger partial charge in [0.15, 0.2) is 0 Å². The lowest BCUT2D eigenvalue weighted by Gasteiger charge is -2.23. The molecule has 2 aromatic carbocycles. The van der Waals surface area contributed by atoms with Gasteiger partial charge in [0, 0.05) is 6.04 Å². The van der Waals surface area contributed by atoms with Crippen molar-refractivity contribution in [2.45, 2.75) is 66.2 Å². The Morgan fingerprint density at radius 1 is 0.969 bits per heavy atom. The predicted octanol–water partition coefficient (Wildman–Crippen LogP) is 7.82. The van der Waals surface area contributed by atoms with E-state index in [1.807, 2.05) is 13.0 Å². The van der Waals surface area contributed by atoms with Crippen LogP contribution in [0.4, 0.5) is 13.6 Å². The standard InChI is InChI=1S/C14H19BrFNO2.C9H11BrFN.ClH/c1-8-10(6-7-11(15)12(8)16)9(2)17-13(18)19-14(3,4)5;1-5-7(6(2)12)3-4-8(10)9(5)11;/h6-7,9H,1-5H3,(H,17,18);3-4,6H,12H2,1-2H3;1H/t9-;6-;/m11./s1. The smallest absolute Gasteiger partial charge is 0.408 e. The molecule has 0 saturated carbocycles. The minimum Gasteiger partial charge on any atom is -0.444 e. The van der Waals surface area contributed by atoms with Crippen LogP contribution in [0.3, 0.4) is 0 Å². The van der Waals surface area contributed by atoms with E-state index in [1.54, 1.807) is 59.7 Å². The molecule has 0 spiro atoms. The fourth-order valence-corrected chi connectivity index (χ4v) is 3.72. The Kier molecular flexibility index (Phi) is 12.4. The van der Waals surface area contributed by atoms with Crippen LogP contribution in [0.15, 0.2) is 33.2 Å². The van der Waals surface area contributed by atoms with E-state index in [9.17, 15) is 13.6 Å². The topological polar surface area (TPSA) is 64.3 Å². The highest BCUT2D eigenvalue weighted by atomic mass is 79.9. The second kappa shape index (κ2) is 12.9. The normalized spacial score (nSPS) is 12.6. The molecule has 0 aliphatic heterocycles. The van der Waals surface area contributed by atoms with Crippen LogP contribution in [0.5, 0.6) is 0 Å². The Morgan fingerprint density at radius 3 is 1.78 bits per heavy atom. The summed E-state index contributed by atoms with van der Waals surface area (Å²) in [6, 6.07) is 6.49. The third kappa shape index (κ3) is 8.96. The van der Waals surface area contributed by atoms with E-state index < -0.39 is 11.7 Å². The quantitative estimate of drug-likeness (QED) is 0.378. The van der Waals surface area contributed by atoms with Crippen molar-refractivity contribution in [1.29, 1.82) is 0 Å². The first-order chi connectivity index (χ1) is 14.2. The number of benzene rings is 2. The molecule has 0 aliphatic carbocycles. The highest BCUT2D eigenvalue weighted by Gasteiger charge is 2.20. The molecule has 0 heterocycles. The number of halogens is 5. The first kappa shape index (κ1) is 30.8. The lowest BCUT2D eigenvalue weighted by atomic mass is 10.0. The number of nitrogens with two attached hydrogens (primary N) is 1. The zero-order chi connectivity index (χ0) is 24.1. The van der Waals surface area contributed by atoms with Gasteiger partial charge in [0.2, 0.25) is 0 Å². The van der Waals surface area contributed by atoms with Crippen molar-refractivity contribution in [2.75, 3.05) is 0 Å². The van der Waals surface area contributed by atoms with E-state index in [4.69, 9.17) is 10.5 Å². The average molecular weight is 601 g/mol. The number of hydrogen-bond donors (Lipinski definition) is 2.